The number of rotatable bonds is 5. The minimum atomic E-state index is -4.40. The number of pyridine rings is 1. The molecular formula is C13H14BrF3N2O2. The zero-order valence-electron chi connectivity index (χ0n) is 11.1. The van der Waals surface area contributed by atoms with Crippen LogP contribution in [0.15, 0.2) is 18.3 Å². The Morgan fingerprint density at radius 2 is 2.14 bits per heavy atom. The Bertz CT molecular complexity index is 487. The molecule has 1 amide bonds. The number of halogens is 4. The molecule has 0 spiro atoms. The minimum absolute atomic E-state index is 0.0645. The maximum Gasteiger partial charge on any atom is 0.417 e. The van der Waals surface area contributed by atoms with Crippen LogP contribution >= 0.6 is 15.9 Å². The first-order chi connectivity index (χ1) is 9.90. The molecule has 1 aromatic rings. The van der Waals surface area contributed by atoms with Gasteiger partial charge in [-0.1, -0.05) is 15.9 Å². The lowest BCUT2D eigenvalue weighted by atomic mass is 10.1. The molecule has 1 saturated heterocycles. The summed E-state index contributed by atoms with van der Waals surface area (Å²) < 4.78 is 42.5. The lowest BCUT2D eigenvalue weighted by molar-refractivity contribution is -0.140. The lowest BCUT2D eigenvalue weighted by Gasteiger charge is -2.38. The van der Waals surface area contributed by atoms with E-state index in [4.69, 9.17) is 4.74 Å². The zero-order chi connectivity index (χ0) is 15.5. The molecular weight excluding hydrogens is 353 g/mol. The molecule has 0 atom stereocenters. The van der Waals surface area contributed by atoms with E-state index < -0.39 is 11.7 Å². The summed E-state index contributed by atoms with van der Waals surface area (Å²) in [6, 6.07) is 2.12. The third-order valence-electron chi connectivity index (χ3n) is 3.08. The Hall–Kier alpha value is -1.31. The average molecular weight is 367 g/mol. The zero-order valence-corrected chi connectivity index (χ0v) is 12.7. The van der Waals surface area contributed by atoms with Gasteiger partial charge in [-0.3, -0.25) is 4.79 Å². The molecule has 8 heteroatoms. The molecule has 2 rings (SSSR count). The van der Waals surface area contributed by atoms with Gasteiger partial charge in [-0.25, -0.2) is 4.98 Å². The number of ether oxygens (including phenoxy) is 1. The van der Waals surface area contributed by atoms with Crippen LogP contribution in [0.25, 0.3) is 0 Å². The molecule has 4 nitrogen and oxygen atoms in total. The summed E-state index contributed by atoms with van der Waals surface area (Å²) in [5.41, 5.74) is -0.810. The number of likely N-dealkylation sites (tertiary alicyclic amines) is 1. The number of alkyl halides is 4. The van der Waals surface area contributed by atoms with E-state index in [1.165, 1.54) is 6.07 Å². The summed E-state index contributed by atoms with van der Waals surface area (Å²) in [4.78, 5) is 16.9. The molecule has 2 heterocycles. The topological polar surface area (TPSA) is 42.4 Å². The molecule has 0 aliphatic carbocycles. The standard InChI is InChI=1S/C13H14BrF3N2O2/c14-5-1-2-12(20)19-7-10(8-19)21-11-4-3-9(6-18-11)13(15,16)17/h3-4,6,10H,1-2,5,7-8H2. The van der Waals surface area contributed by atoms with Crippen LogP contribution in [0.5, 0.6) is 5.88 Å². The van der Waals surface area contributed by atoms with Gasteiger partial charge in [0.1, 0.15) is 6.10 Å². The predicted molar refractivity (Wildman–Crippen MR) is 73.3 cm³/mol. The fraction of sp³-hybridized carbons (Fsp3) is 0.538. The van der Waals surface area contributed by atoms with E-state index in [0.29, 0.717) is 19.5 Å². The van der Waals surface area contributed by atoms with Gasteiger partial charge in [0.05, 0.1) is 18.7 Å². The fourth-order valence-corrected chi connectivity index (χ4v) is 2.16. The van der Waals surface area contributed by atoms with Gasteiger partial charge in [0.25, 0.3) is 0 Å². The monoisotopic (exact) mass is 366 g/mol. The van der Waals surface area contributed by atoms with Crippen LogP contribution in [0.3, 0.4) is 0 Å². The number of hydrogen-bond donors (Lipinski definition) is 0. The van der Waals surface area contributed by atoms with Gasteiger partial charge in [-0.15, -0.1) is 0 Å². The van der Waals surface area contributed by atoms with Crippen molar-refractivity contribution in [1.29, 1.82) is 0 Å². The van der Waals surface area contributed by atoms with Gasteiger partial charge in [-0.05, 0) is 12.5 Å². The van der Waals surface area contributed by atoms with E-state index >= 15 is 0 Å². The maximum atomic E-state index is 12.4. The van der Waals surface area contributed by atoms with Crippen LogP contribution in [0, 0.1) is 0 Å². The highest BCUT2D eigenvalue weighted by molar-refractivity contribution is 9.09. The first kappa shape index (κ1) is 16.1. The minimum Gasteiger partial charge on any atom is -0.471 e. The number of amides is 1. The molecule has 0 saturated carbocycles. The molecule has 1 aliphatic rings. The fourth-order valence-electron chi connectivity index (χ4n) is 1.88. The highest BCUT2D eigenvalue weighted by Crippen LogP contribution is 2.29. The van der Waals surface area contributed by atoms with Crippen LogP contribution < -0.4 is 4.74 Å². The first-order valence-corrected chi connectivity index (χ1v) is 7.56. The number of nitrogens with zero attached hydrogens (tertiary/aromatic N) is 2. The smallest absolute Gasteiger partial charge is 0.417 e. The van der Waals surface area contributed by atoms with Gasteiger partial charge in [0.15, 0.2) is 0 Å². The second-order valence-electron chi connectivity index (χ2n) is 4.71. The van der Waals surface area contributed by atoms with E-state index in [0.717, 1.165) is 24.0 Å². The molecule has 1 aromatic heterocycles. The van der Waals surface area contributed by atoms with Crippen LogP contribution in [0.2, 0.25) is 0 Å². The van der Waals surface area contributed by atoms with Crippen LogP contribution in [0.1, 0.15) is 18.4 Å². The Morgan fingerprint density at radius 3 is 2.67 bits per heavy atom. The molecule has 0 aromatic carbocycles. The third-order valence-corrected chi connectivity index (χ3v) is 3.64. The molecule has 0 bridgehead atoms. The number of hydrogen-bond acceptors (Lipinski definition) is 3. The molecule has 21 heavy (non-hydrogen) atoms. The maximum absolute atomic E-state index is 12.4. The van der Waals surface area contributed by atoms with E-state index in [9.17, 15) is 18.0 Å². The van der Waals surface area contributed by atoms with Crippen molar-refractivity contribution in [3.63, 3.8) is 0 Å². The van der Waals surface area contributed by atoms with E-state index in [2.05, 4.69) is 20.9 Å². The van der Waals surface area contributed by atoms with Crippen molar-refractivity contribution in [1.82, 2.24) is 9.88 Å². The molecule has 0 radical (unpaired) electrons. The average Bonchev–Trinajstić information content (AvgIpc) is 2.39. The van der Waals surface area contributed by atoms with Crippen molar-refractivity contribution in [3.8, 4) is 5.88 Å². The third kappa shape index (κ3) is 4.33. The SMILES string of the molecule is O=C(CCCBr)N1CC(Oc2ccc(C(F)(F)F)cn2)C1. The van der Waals surface area contributed by atoms with Crippen molar-refractivity contribution >= 4 is 21.8 Å². The van der Waals surface area contributed by atoms with Crippen molar-refractivity contribution < 1.29 is 22.7 Å². The summed E-state index contributed by atoms with van der Waals surface area (Å²) in [6.07, 6.45) is -2.60. The van der Waals surface area contributed by atoms with E-state index in [-0.39, 0.29) is 17.9 Å². The highest BCUT2D eigenvalue weighted by Gasteiger charge is 2.33. The number of carbonyl (C=O) groups excluding carboxylic acids is 1. The number of carbonyl (C=O) groups is 1. The normalized spacial score (nSPS) is 15.7. The van der Waals surface area contributed by atoms with Gasteiger partial charge < -0.3 is 9.64 Å². The second kappa shape index (κ2) is 6.64. The van der Waals surface area contributed by atoms with Crippen molar-refractivity contribution in [3.05, 3.63) is 23.9 Å². The van der Waals surface area contributed by atoms with Gasteiger partial charge in [0, 0.05) is 24.0 Å². The summed E-state index contributed by atoms with van der Waals surface area (Å²) >= 11 is 3.26. The Labute approximate surface area is 128 Å². The van der Waals surface area contributed by atoms with Crippen molar-refractivity contribution in [2.45, 2.75) is 25.1 Å². The predicted octanol–water partition coefficient (Wildman–Crippen LogP) is 2.87. The van der Waals surface area contributed by atoms with Crippen molar-refractivity contribution in [2.24, 2.45) is 0 Å². The van der Waals surface area contributed by atoms with E-state index in [1.54, 1.807) is 4.90 Å². The molecule has 1 aliphatic heterocycles. The molecule has 0 unspecified atom stereocenters. The second-order valence-corrected chi connectivity index (χ2v) is 5.51. The number of aromatic nitrogens is 1. The molecule has 1 fully saturated rings. The first-order valence-electron chi connectivity index (χ1n) is 6.44. The van der Waals surface area contributed by atoms with Gasteiger partial charge >= 0.3 is 6.18 Å². The summed E-state index contributed by atoms with van der Waals surface area (Å²) in [5.74, 6) is 0.204. The summed E-state index contributed by atoms with van der Waals surface area (Å²) in [6.45, 7) is 0.896. The summed E-state index contributed by atoms with van der Waals surface area (Å²) in [7, 11) is 0. The van der Waals surface area contributed by atoms with Crippen molar-refractivity contribution in [2.75, 3.05) is 18.4 Å². The highest BCUT2D eigenvalue weighted by atomic mass is 79.9. The van der Waals surface area contributed by atoms with Crippen LogP contribution in [0.4, 0.5) is 13.2 Å². The molecule has 116 valence electrons. The van der Waals surface area contributed by atoms with Crippen LogP contribution in [-0.4, -0.2) is 40.3 Å². The van der Waals surface area contributed by atoms with E-state index in [1.807, 2.05) is 0 Å². The van der Waals surface area contributed by atoms with Crippen LogP contribution in [-0.2, 0) is 11.0 Å². The van der Waals surface area contributed by atoms with Gasteiger partial charge in [0.2, 0.25) is 11.8 Å². The Balaban J connectivity index is 1.79. The lowest BCUT2D eigenvalue weighted by Crippen LogP contribution is -2.56. The molecule has 0 N–H and O–H groups in total. The Kier molecular flexibility index (Phi) is 5.08. The quantitative estimate of drug-likeness (QED) is 0.752. The van der Waals surface area contributed by atoms with Gasteiger partial charge in [-0.2, -0.15) is 13.2 Å². The summed E-state index contributed by atoms with van der Waals surface area (Å²) in [5, 5.41) is 0.780. The Morgan fingerprint density at radius 1 is 1.43 bits per heavy atom. The largest absolute Gasteiger partial charge is 0.471 e.